The Labute approximate surface area is 244 Å². The molecule has 0 aliphatic carbocycles. The van der Waals surface area contributed by atoms with Crippen LogP contribution in [-0.2, 0) is 40.8 Å². The number of nitrogens with one attached hydrogen (secondary N) is 1. The SMILES string of the molecule is CC(C)(C)OC(=O)NCc1ccc2c(c1)nc(Cn1c(=O)n(CC(F)(F)F)c(=O)c3ccccc31)n2CCCS(C)(=O)=O. The van der Waals surface area contributed by atoms with Crippen LogP contribution >= 0.6 is 0 Å². The quantitative estimate of drug-likeness (QED) is 0.301. The fourth-order valence-electron chi connectivity index (χ4n) is 4.66. The molecular formula is C28H32F3N5O6S. The Bertz CT molecular complexity index is 1900. The molecule has 4 aromatic rings. The van der Waals surface area contributed by atoms with E-state index in [1.165, 1.54) is 18.2 Å². The maximum atomic E-state index is 13.3. The molecule has 1 amide bonds. The van der Waals surface area contributed by atoms with Crippen LogP contribution in [0.1, 0.15) is 38.6 Å². The summed E-state index contributed by atoms with van der Waals surface area (Å²) in [6.45, 7) is 3.46. The highest BCUT2D eigenvalue weighted by molar-refractivity contribution is 7.90. The third-order valence-corrected chi connectivity index (χ3v) is 7.42. The maximum absolute atomic E-state index is 13.3. The van der Waals surface area contributed by atoms with E-state index in [-0.39, 0.29) is 53.1 Å². The van der Waals surface area contributed by atoms with Crippen molar-refractivity contribution in [2.75, 3.05) is 12.0 Å². The summed E-state index contributed by atoms with van der Waals surface area (Å²) in [5.41, 5.74) is -1.04. The first-order chi connectivity index (χ1) is 19.9. The molecule has 0 radical (unpaired) electrons. The second-order valence-electron chi connectivity index (χ2n) is 11.2. The first kappa shape index (κ1) is 31.8. The molecule has 0 aliphatic heterocycles. The van der Waals surface area contributed by atoms with E-state index < -0.39 is 45.5 Å². The van der Waals surface area contributed by atoms with E-state index in [0.29, 0.717) is 16.6 Å². The lowest BCUT2D eigenvalue weighted by atomic mass is 10.2. The van der Waals surface area contributed by atoms with E-state index in [2.05, 4.69) is 10.3 Å². The zero-order chi connectivity index (χ0) is 31.7. The Kier molecular flexibility index (Phi) is 8.77. The molecule has 15 heteroatoms. The highest BCUT2D eigenvalue weighted by atomic mass is 32.2. The minimum absolute atomic E-state index is 0.0680. The predicted octanol–water partition coefficient (Wildman–Crippen LogP) is 3.58. The van der Waals surface area contributed by atoms with Gasteiger partial charge in [0.1, 0.15) is 27.8 Å². The van der Waals surface area contributed by atoms with Crippen LogP contribution in [0.3, 0.4) is 0 Å². The average molecular weight is 624 g/mol. The molecule has 2 aromatic heterocycles. The van der Waals surface area contributed by atoms with E-state index in [1.807, 2.05) is 0 Å². The van der Waals surface area contributed by atoms with Crippen LogP contribution in [0.4, 0.5) is 18.0 Å². The molecule has 1 N–H and O–H groups in total. The van der Waals surface area contributed by atoms with Crippen molar-refractivity contribution in [1.82, 2.24) is 24.0 Å². The number of fused-ring (bicyclic) bond motifs is 2. The Hall–Kier alpha value is -4.14. The monoisotopic (exact) mass is 623 g/mol. The Morgan fingerprint density at radius 1 is 1.00 bits per heavy atom. The van der Waals surface area contributed by atoms with E-state index in [0.717, 1.165) is 10.8 Å². The number of halogens is 3. The number of aryl methyl sites for hydroxylation is 1. The van der Waals surface area contributed by atoms with Crippen molar-refractivity contribution < 1.29 is 31.1 Å². The van der Waals surface area contributed by atoms with Crippen molar-refractivity contribution in [3.05, 3.63) is 74.7 Å². The summed E-state index contributed by atoms with van der Waals surface area (Å²) in [7, 11) is -3.29. The minimum Gasteiger partial charge on any atom is -0.444 e. The highest BCUT2D eigenvalue weighted by Gasteiger charge is 2.31. The van der Waals surface area contributed by atoms with Gasteiger partial charge in [-0.15, -0.1) is 0 Å². The van der Waals surface area contributed by atoms with Crippen LogP contribution < -0.4 is 16.6 Å². The number of imidazole rings is 1. The van der Waals surface area contributed by atoms with Crippen LogP contribution in [0.15, 0.2) is 52.1 Å². The van der Waals surface area contributed by atoms with E-state index in [9.17, 15) is 36.0 Å². The number of benzene rings is 2. The molecule has 43 heavy (non-hydrogen) atoms. The fourth-order valence-corrected chi connectivity index (χ4v) is 5.32. The van der Waals surface area contributed by atoms with Crippen LogP contribution in [0, 0.1) is 0 Å². The smallest absolute Gasteiger partial charge is 0.407 e. The second-order valence-corrected chi connectivity index (χ2v) is 13.5. The maximum Gasteiger partial charge on any atom is 0.407 e. The fraction of sp³-hybridized carbons (Fsp3) is 0.429. The van der Waals surface area contributed by atoms with E-state index in [4.69, 9.17) is 4.74 Å². The minimum atomic E-state index is -4.81. The van der Waals surface area contributed by atoms with Crippen molar-refractivity contribution in [3.8, 4) is 0 Å². The number of alkyl halides is 3. The number of hydrogen-bond acceptors (Lipinski definition) is 7. The van der Waals surface area contributed by atoms with Crippen molar-refractivity contribution in [2.24, 2.45) is 0 Å². The number of rotatable bonds is 9. The van der Waals surface area contributed by atoms with Crippen molar-refractivity contribution in [3.63, 3.8) is 0 Å². The molecule has 232 valence electrons. The standard InChI is InChI=1S/C28H32F3N5O6S/c1-27(2,3)42-25(38)32-15-18-10-11-22-20(14-18)33-23(34(22)12-7-13-43(4,40)41)16-35-21-9-6-5-8-19(21)24(37)36(26(35)39)17-28(29,30)31/h5-6,8-11,14H,7,12-13,15-17H2,1-4H3,(H,32,38). The van der Waals surface area contributed by atoms with Gasteiger partial charge in [-0.05, 0) is 57.0 Å². The van der Waals surface area contributed by atoms with Gasteiger partial charge in [0.15, 0.2) is 0 Å². The Morgan fingerprint density at radius 2 is 1.70 bits per heavy atom. The largest absolute Gasteiger partial charge is 0.444 e. The molecule has 0 saturated heterocycles. The van der Waals surface area contributed by atoms with Gasteiger partial charge < -0.3 is 14.6 Å². The molecule has 0 atom stereocenters. The number of amides is 1. The van der Waals surface area contributed by atoms with Crippen molar-refractivity contribution in [1.29, 1.82) is 0 Å². The van der Waals surface area contributed by atoms with Gasteiger partial charge in [-0.3, -0.25) is 13.9 Å². The number of hydrogen-bond donors (Lipinski definition) is 1. The molecule has 4 rings (SSSR count). The first-order valence-electron chi connectivity index (χ1n) is 13.3. The van der Waals surface area contributed by atoms with Crippen LogP contribution in [-0.4, -0.2) is 57.0 Å². The molecule has 2 heterocycles. The molecule has 11 nitrogen and oxygen atoms in total. The number of ether oxygens (including phenoxy) is 1. The number of nitrogens with zero attached hydrogens (tertiary/aromatic N) is 4. The van der Waals surface area contributed by atoms with E-state index in [1.54, 1.807) is 49.6 Å². The van der Waals surface area contributed by atoms with Gasteiger partial charge in [0.05, 0.1) is 34.2 Å². The van der Waals surface area contributed by atoms with Gasteiger partial charge in [0.2, 0.25) is 0 Å². The normalized spacial score (nSPS) is 12.6. The van der Waals surface area contributed by atoms with Gasteiger partial charge in [-0.1, -0.05) is 18.2 Å². The third kappa shape index (κ3) is 8.03. The Morgan fingerprint density at radius 3 is 2.35 bits per heavy atom. The van der Waals surface area contributed by atoms with Crippen LogP contribution in [0.2, 0.25) is 0 Å². The summed E-state index contributed by atoms with van der Waals surface area (Å²) in [6.07, 6.45) is -4.10. The number of sulfone groups is 1. The van der Waals surface area contributed by atoms with Gasteiger partial charge >= 0.3 is 18.0 Å². The third-order valence-electron chi connectivity index (χ3n) is 6.39. The number of aromatic nitrogens is 4. The lowest BCUT2D eigenvalue weighted by Crippen LogP contribution is -2.43. The second kappa shape index (κ2) is 11.9. The highest BCUT2D eigenvalue weighted by Crippen LogP contribution is 2.22. The zero-order valence-electron chi connectivity index (χ0n) is 24.1. The molecule has 0 bridgehead atoms. The van der Waals surface area contributed by atoms with E-state index >= 15 is 0 Å². The molecule has 0 fully saturated rings. The predicted molar refractivity (Wildman–Crippen MR) is 155 cm³/mol. The van der Waals surface area contributed by atoms with Gasteiger partial charge in [-0.2, -0.15) is 13.2 Å². The van der Waals surface area contributed by atoms with Crippen LogP contribution in [0.5, 0.6) is 0 Å². The lowest BCUT2D eigenvalue weighted by molar-refractivity contribution is -0.141. The summed E-state index contributed by atoms with van der Waals surface area (Å²) < 4.78 is 71.7. The summed E-state index contributed by atoms with van der Waals surface area (Å²) in [5, 5.41) is 2.59. The topological polar surface area (TPSA) is 134 Å². The summed E-state index contributed by atoms with van der Waals surface area (Å²) in [4.78, 5) is 42.9. The molecule has 0 unspecified atom stereocenters. The molecule has 0 saturated carbocycles. The number of carbonyl (C=O) groups is 1. The first-order valence-corrected chi connectivity index (χ1v) is 15.4. The average Bonchev–Trinajstić information content (AvgIpc) is 3.22. The number of carbonyl (C=O) groups excluding carboxylic acids is 1. The summed E-state index contributed by atoms with van der Waals surface area (Å²) in [5.74, 6) is 0.147. The molecule has 0 aliphatic rings. The summed E-state index contributed by atoms with van der Waals surface area (Å²) in [6, 6.07) is 11.0. The van der Waals surface area contributed by atoms with Gasteiger partial charge in [0, 0.05) is 19.3 Å². The number of alkyl carbamates (subject to hydrolysis) is 1. The van der Waals surface area contributed by atoms with Crippen molar-refractivity contribution >= 4 is 37.9 Å². The van der Waals surface area contributed by atoms with Crippen LogP contribution in [0.25, 0.3) is 21.9 Å². The zero-order valence-corrected chi connectivity index (χ0v) is 24.9. The summed E-state index contributed by atoms with van der Waals surface area (Å²) >= 11 is 0. The Balaban J connectivity index is 1.79. The number of para-hydroxylation sites is 1. The molecule has 0 spiro atoms. The van der Waals surface area contributed by atoms with Crippen molar-refractivity contribution in [2.45, 2.75) is 65.1 Å². The molecular weight excluding hydrogens is 591 g/mol. The molecule has 2 aromatic carbocycles. The van der Waals surface area contributed by atoms with Gasteiger partial charge in [0.25, 0.3) is 5.56 Å². The van der Waals surface area contributed by atoms with Gasteiger partial charge in [-0.25, -0.2) is 23.0 Å². The lowest BCUT2D eigenvalue weighted by Gasteiger charge is -2.19.